The van der Waals surface area contributed by atoms with Gasteiger partial charge in [0.2, 0.25) is 0 Å². The molecule has 1 saturated heterocycles. The van der Waals surface area contributed by atoms with Crippen molar-refractivity contribution in [3.8, 4) is 5.75 Å². The minimum Gasteiger partial charge on any atom is -0.507 e. The quantitative estimate of drug-likeness (QED) is 0.116. The Morgan fingerprint density at radius 2 is 1.80 bits per heavy atom. The molecule has 0 saturated carbocycles. The van der Waals surface area contributed by atoms with Crippen LogP contribution in [-0.4, -0.2) is 34.4 Å². The number of aliphatic hydroxyl groups is 1. The van der Waals surface area contributed by atoms with Crippen LogP contribution in [0.4, 0.5) is 5.13 Å². The van der Waals surface area contributed by atoms with Crippen molar-refractivity contribution in [1.82, 2.24) is 4.98 Å². The highest BCUT2D eigenvalue weighted by Crippen LogP contribution is 2.45. The van der Waals surface area contributed by atoms with Gasteiger partial charge >= 0.3 is 11.9 Å². The van der Waals surface area contributed by atoms with E-state index in [9.17, 15) is 19.5 Å². The predicted octanol–water partition coefficient (Wildman–Crippen LogP) is 6.20. The molecule has 2 aromatic carbocycles. The van der Waals surface area contributed by atoms with Crippen molar-refractivity contribution in [3.63, 3.8) is 0 Å². The van der Waals surface area contributed by atoms with Gasteiger partial charge in [-0.25, -0.2) is 9.78 Å². The molecule has 3 heterocycles. The number of hydrogen-bond donors (Lipinski definition) is 1. The predicted molar refractivity (Wildman–Crippen MR) is 154 cm³/mol. The van der Waals surface area contributed by atoms with Gasteiger partial charge in [-0.05, 0) is 67.6 Å². The molecular weight excluding hydrogens is 548 g/mol. The summed E-state index contributed by atoms with van der Waals surface area (Å²) in [6.07, 6.45) is 0. The number of rotatable bonds is 8. The van der Waals surface area contributed by atoms with Crippen molar-refractivity contribution in [1.29, 1.82) is 0 Å². The van der Waals surface area contributed by atoms with Gasteiger partial charge in [-0.3, -0.25) is 14.5 Å². The first kappa shape index (κ1) is 27.3. The molecule has 10 heteroatoms. The summed E-state index contributed by atoms with van der Waals surface area (Å²) in [6, 6.07) is 17.3. The molecule has 1 amide bonds. The molecule has 5 rings (SSSR count). The van der Waals surface area contributed by atoms with E-state index in [1.165, 1.54) is 16.2 Å². The Morgan fingerprint density at radius 1 is 1.05 bits per heavy atom. The van der Waals surface area contributed by atoms with Crippen LogP contribution >= 0.6 is 22.7 Å². The zero-order valence-electron chi connectivity index (χ0n) is 22.0. The van der Waals surface area contributed by atoms with Gasteiger partial charge in [-0.15, -0.1) is 11.3 Å². The second kappa shape index (κ2) is 11.4. The summed E-state index contributed by atoms with van der Waals surface area (Å²) in [6.45, 7) is 5.95. The highest BCUT2D eigenvalue weighted by molar-refractivity contribution is 7.18. The van der Waals surface area contributed by atoms with E-state index in [4.69, 9.17) is 9.47 Å². The summed E-state index contributed by atoms with van der Waals surface area (Å²) >= 11 is 2.33. The molecule has 40 heavy (non-hydrogen) atoms. The van der Waals surface area contributed by atoms with Crippen LogP contribution in [-0.2, 0) is 20.9 Å². The number of hydrogen-bond acceptors (Lipinski definition) is 9. The van der Waals surface area contributed by atoms with Gasteiger partial charge in [0, 0.05) is 10.4 Å². The van der Waals surface area contributed by atoms with Gasteiger partial charge in [0.1, 0.15) is 29.0 Å². The maximum atomic E-state index is 13.4. The van der Waals surface area contributed by atoms with Gasteiger partial charge in [0.25, 0.3) is 5.78 Å². The first-order valence-electron chi connectivity index (χ1n) is 12.6. The average molecular weight is 575 g/mol. The summed E-state index contributed by atoms with van der Waals surface area (Å²) < 4.78 is 11.0. The van der Waals surface area contributed by atoms with Crippen molar-refractivity contribution < 1.29 is 29.0 Å². The molecule has 1 fully saturated rings. The Kier molecular flexibility index (Phi) is 7.81. The first-order chi connectivity index (χ1) is 19.3. The number of aliphatic hydroxyl groups excluding tert-OH is 1. The van der Waals surface area contributed by atoms with E-state index in [0.29, 0.717) is 28.5 Å². The van der Waals surface area contributed by atoms with Crippen LogP contribution in [0.2, 0.25) is 0 Å². The SMILES string of the molecule is CCOC(=O)c1sc(N2C(=O)C(=O)C(=C(O)c3ccc(OCc4ccccc4C)cc3)C2c2cccs2)nc1C. The van der Waals surface area contributed by atoms with E-state index in [2.05, 4.69) is 4.98 Å². The molecule has 0 spiro atoms. The Labute approximate surface area is 239 Å². The summed E-state index contributed by atoms with van der Waals surface area (Å²) in [5.74, 6) is -1.91. The van der Waals surface area contributed by atoms with Crippen molar-refractivity contribution in [2.24, 2.45) is 0 Å². The van der Waals surface area contributed by atoms with Crippen LogP contribution in [0.3, 0.4) is 0 Å². The Morgan fingerprint density at radius 3 is 2.48 bits per heavy atom. The average Bonchev–Trinajstić information content (AvgIpc) is 3.67. The molecule has 1 unspecified atom stereocenters. The molecule has 0 radical (unpaired) electrons. The number of Topliss-reactive ketones (excluding diaryl/α,β-unsaturated/α-hetero) is 1. The monoisotopic (exact) mass is 574 g/mol. The highest BCUT2D eigenvalue weighted by Gasteiger charge is 2.49. The zero-order chi connectivity index (χ0) is 28.4. The standard InChI is InChI=1S/C30H26N2O6S2/c1-4-37-29(36)27-18(3)31-30(40-27)32-24(22-10-7-15-39-22)23(26(34)28(32)35)25(33)19-11-13-21(14-12-19)38-16-20-9-6-5-8-17(20)2/h5-15,24,33H,4,16H2,1-3H3. The van der Waals surface area contributed by atoms with E-state index < -0.39 is 23.7 Å². The number of esters is 1. The number of anilines is 1. The second-order valence-electron chi connectivity index (χ2n) is 9.06. The molecule has 0 bridgehead atoms. The Bertz CT molecular complexity index is 1610. The number of carbonyl (C=O) groups is 3. The molecule has 1 aliphatic heterocycles. The van der Waals surface area contributed by atoms with E-state index in [-0.39, 0.29) is 27.9 Å². The minimum absolute atomic E-state index is 0.0495. The molecule has 1 atom stereocenters. The van der Waals surface area contributed by atoms with Gasteiger partial charge in [-0.1, -0.05) is 41.7 Å². The van der Waals surface area contributed by atoms with Crippen molar-refractivity contribution in [2.75, 3.05) is 11.5 Å². The van der Waals surface area contributed by atoms with Crippen molar-refractivity contribution in [3.05, 3.63) is 104 Å². The molecule has 1 N–H and O–H groups in total. The number of ether oxygens (including phenoxy) is 2. The van der Waals surface area contributed by atoms with Gasteiger partial charge in [0.05, 0.1) is 17.9 Å². The minimum atomic E-state index is -0.905. The number of aromatic nitrogens is 1. The normalized spacial score (nSPS) is 16.4. The molecule has 4 aromatic rings. The van der Waals surface area contributed by atoms with Crippen LogP contribution in [0.5, 0.6) is 5.75 Å². The Hall–Kier alpha value is -4.28. The third kappa shape index (κ3) is 5.15. The molecule has 2 aromatic heterocycles. The van der Waals surface area contributed by atoms with E-state index in [0.717, 1.165) is 22.5 Å². The fourth-order valence-electron chi connectivity index (χ4n) is 4.41. The van der Waals surface area contributed by atoms with Gasteiger partial charge in [0.15, 0.2) is 5.13 Å². The second-order valence-corrected chi connectivity index (χ2v) is 11.0. The number of thiophene rings is 1. The number of amides is 1. The van der Waals surface area contributed by atoms with Gasteiger partial charge in [-0.2, -0.15) is 0 Å². The number of aryl methyl sites for hydroxylation is 2. The fraction of sp³-hybridized carbons (Fsp3) is 0.200. The highest BCUT2D eigenvalue weighted by atomic mass is 32.1. The molecule has 204 valence electrons. The topological polar surface area (TPSA) is 106 Å². The molecular formula is C30H26N2O6S2. The number of carbonyl (C=O) groups excluding carboxylic acids is 3. The lowest BCUT2D eigenvalue weighted by Gasteiger charge is -2.21. The number of thiazole rings is 1. The summed E-state index contributed by atoms with van der Waals surface area (Å²) in [7, 11) is 0. The van der Waals surface area contributed by atoms with E-state index >= 15 is 0 Å². The third-order valence-electron chi connectivity index (χ3n) is 6.49. The lowest BCUT2D eigenvalue weighted by molar-refractivity contribution is -0.132. The van der Waals surface area contributed by atoms with E-state index in [1.54, 1.807) is 50.2 Å². The van der Waals surface area contributed by atoms with Crippen LogP contribution in [0.25, 0.3) is 5.76 Å². The largest absolute Gasteiger partial charge is 0.507 e. The molecule has 1 aliphatic rings. The van der Waals surface area contributed by atoms with Crippen LogP contribution in [0.1, 0.15) is 49.9 Å². The van der Waals surface area contributed by atoms with Crippen molar-refractivity contribution >= 4 is 51.2 Å². The summed E-state index contributed by atoms with van der Waals surface area (Å²) in [4.78, 5) is 45.7. The maximum absolute atomic E-state index is 13.4. The lowest BCUT2D eigenvalue weighted by atomic mass is 10.00. The summed E-state index contributed by atoms with van der Waals surface area (Å²) in [5.41, 5.74) is 2.90. The lowest BCUT2D eigenvalue weighted by Crippen LogP contribution is -2.29. The van der Waals surface area contributed by atoms with Crippen LogP contribution < -0.4 is 9.64 Å². The third-order valence-corrected chi connectivity index (χ3v) is 8.55. The number of benzene rings is 2. The van der Waals surface area contributed by atoms with E-state index in [1.807, 2.05) is 36.6 Å². The van der Waals surface area contributed by atoms with Gasteiger partial charge < -0.3 is 14.6 Å². The molecule has 0 aliphatic carbocycles. The maximum Gasteiger partial charge on any atom is 0.350 e. The zero-order valence-corrected chi connectivity index (χ0v) is 23.7. The Balaban J connectivity index is 1.49. The first-order valence-corrected chi connectivity index (χ1v) is 14.3. The fourth-order valence-corrected chi connectivity index (χ4v) is 6.23. The van der Waals surface area contributed by atoms with Crippen LogP contribution in [0, 0.1) is 13.8 Å². The van der Waals surface area contributed by atoms with Crippen molar-refractivity contribution in [2.45, 2.75) is 33.4 Å². The molecule has 8 nitrogen and oxygen atoms in total. The van der Waals surface area contributed by atoms with Crippen LogP contribution in [0.15, 0.2) is 71.6 Å². The smallest absolute Gasteiger partial charge is 0.350 e. The summed E-state index contributed by atoms with van der Waals surface area (Å²) in [5, 5.41) is 13.4. The number of ketones is 1. The number of nitrogens with zero attached hydrogens (tertiary/aromatic N) is 2.